The lowest BCUT2D eigenvalue weighted by molar-refractivity contribution is -0.134. The number of aromatic nitrogens is 1. The highest BCUT2D eigenvalue weighted by Gasteiger charge is 2.41. The first-order valence-electron chi connectivity index (χ1n) is 16.2. The van der Waals surface area contributed by atoms with Gasteiger partial charge in [-0.05, 0) is 56.1 Å². The number of carbonyl (C=O) groups excluding carboxylic acids is 1. The number of fused-ring (bicyclic) bond motifs is 1. The molecule has 50 heavy (non-hydrogen) atoms. The molecule has 3 aliphatic rings. The smallest absolute Gasteiger partial charge is 0.328 e. The molecule has 0 radical (unpaired) electrons. The normalized spacial score (nSPS) is 19.3. The first-order valence-corrected chi connectivity index (χ1v) is 16.2. The zero-order valence-corrected chi connectivity index (χ0v) is 27.7. The van der Waals surface area contributed by atoms with Crippen LogP contribution in [0.15, 0.2) is 79.0 Å². The molecule has 14 heteroatoms. The Morgan fingerprint density at radius 2 is 1.34 bits per heavy atom. The third kappa shape index (κ3) is 11.2. The van der Waals surface area contributed by atoms with E-state index in [1.54, 1.807) is 0 Å². The number of H-pyrrole nitrogens is 1. The molecule has 0 spiro atoms. The number of ketones is 1. The average molecular weight is 691 g/mol. The third-order valence-electron chi connectivity index (χ3n) is 8.74. The van der Waals surface area contributed by atoms with Gasteiger partial charge in [0, 0.05) is 79.4 Å². The van der Waals surface area contributed by atoms with E-state index in [0.717, 1.165) is 60.4 Å². The number of aliphatic carboxylic acids is 4. The zero-order valence-electron chi connectivity index (χ0n) is 27.7. The van der Waals surface area contributed by atoms with Crippen molar-refractivity contribution < 1.29 is 49.1 Å². The fourth-order valence-electron chi connectivity index (χ4n) is 6.20. The number of likely N-dealkylation sites (tertiary alicyclic amines) is 1. The second-order valence-electron chi connectivity index (χ2n) is 12.1. The third-order valence-corrected chi connectivity index (χ3v) is 8.74. The zero-order chi connectivity index (χ0) is 36.2. The lowest BCUT2D eigenvalue weighted by atomic mass is 9.91. The summed E-state index contributed by atoms with van der Waals surface area (Å²) in [6.07, 6.45) is 6.87. The van der Waals surface area contributed by atoms with Crippen LogP contribution in [0.5, 0.6) is 0 Å². The molecule has 14 nitrogen and oxygen atoms in total. The molecule has 4 heterocycles. The van der Waals surface area contributed by atoms with Crippen molar-refractivity contribution in [3.63, 3.8) is 0 Å². The largest absolute Gasteiger partial charge is 0.478 e. The Labute approximate surface area is 288 Å². The van der Waals surface area contributed by atoms with E-state index in [0.29, 0.717) is 30.3 Å². The molecular weight excluding hydrogens is 648 g/mol. The summed E-state index contributed by atoms with van der Waals surface area (Å²) in [6, 6.07) is 17.0. The second-order valence-corrected chi connectivity index (χ2v) is 12.1. The number of hydrogen-bond acceptors (Lipinski definition) is 9. The standard InChI is InChI=1S/C28H34N4O2.2C4H4O4/c1-30-12-9-22(10-13-30)31-14-16-32(17-15-31)27(26-19-34-26)23-4-2-3-5-24(23)28(33)21-7-6-20-8-11-29-25(20)18-21;2*5-3(6)1-2-4(7)8/h2-8,11,18,22,26-27,29H,9-10,12-17,19H2,1H3;2*1-2H,(H,5,6)(H,7,8)/b;2*2-1+. The number of nitrogens with one attached hydrogen (secondary N) is 1. The minimum atomic E-state index is -1.26. The molecule has 1 aromatic heterocycles. The molecule has 0 saturated carbocycles. The fraction of sp³-hybridized carbons (Fsp3) is 0.361. The lowest BCUT2D eigenvalue weighted by Crippen LogP contribution is -2.54. The highest BCUT2D eigenvalue weighted by Crippen LogP contribution is 2.37. The Morgan fingerprint density at radius 3 is 1.88 bits per heavy atom. The predicted molar refractivity (Wildman–Crippen MR) is 183 cm³/mol. The number of benzene rings is 2. The van der Waals surface area contributed by atoms with Gasteiger partial charge >= 0.3 is 23.9 Å². The average Bonchev–Trinajstić information content (AvgIpc) is 3.82. The van der Waals surface area contributed by atoms with Crippen LogP contribution in [-0.4, -0.2) is 135 Å². The Balaban J connectivity index is 0.000000294. The summed E-state index contributed by atoms with van der Waals surface area (Å²) in [6.45, 7) is 7.41. The SMILES string of the molecule is CN1CCC(N2CCN(C(c3ccccc3C(=O)c3ccc4cc[nH]c4c3)C3CO3)CC2)CC1.O=C(O)/C=C/C(=O)O.O=C(O)/C=C/C(=O)O. The number of carboxylic acid groups (broad SMARTS) is 4. The molecule has 0 amide bonds. The van der Waals surface area contributed by atoms with Gasteiger partial charge in [0.15, 0.2) is 5.78 Å². The maximum Gasteiger partial charge on any atom is 0.328 e. The Kier molecular flexibility index (Phi) is 13.6. The maximum absolute atomic E-state index is 13.7. The van der Waals surface area contributed by atoms with Crippen molar-refractivity contribution in [3.8, 4) is 0 Å². The van der Waals surface area contributed by atoms with Gasteiger partial charge in [0.25, 0.3) is 0 Å². The van der Waals surface area contributed by atoms with Crippen LogP contribution in [0.4, 0.5) is 0 Å². The van der Waals surface area contributed by atoms with Gasteiger partial charge in [-0.3, -0.25) is 14.6 Å². The van der Waals surface area contributed by atoms with E-state index in [1.807, 2.05) is 42.6 Å². The van der Waals surface area contributed by atoms with Gasteiger partial charge < -0.3 is 35.0 Å². The van der Waals surface area contributed by atoms with Crippen molar-refractivity contribution in [2.75, 3.05) is 52.9 Å². The second kappa shape index (κ2) is 18.0. The highest BCUT2D eigenvalue weighted by molar-refractivity contribution is 6.11. The molecule has 2 atom stereocenters. The van der Waals surface area contributed by atoms with Crippen LogP contribution in [0, 0.1) is 0 Å². The van der Waals surface area contributed by atoms with E-state index in [-0.39, 0.29) is 17.9 Å². The monoisotopic (exact) mass is 690 g/mol. The molecule has 266 valence electrons. The fourth-order valence-corrected chi connectivity index (χ4v) is 6.20. The van der Waals surface area contributed by atoms with Gasteiger partial charge in [0.05, 0.1) is 12.6 Å². The van der Waals surface area contributed by atoms with Crippen LogP contribution in [0.3, 0.4) is 0 Å². The molecular formula is C36H42N4O10. The molecule has 3 aromatic rings. The molecule has 0 bridgehead atoms. The van der Waals surface area contributed by atoms with Crippen LogP contribution < -0.4 is 0 Å². The molecule has 0 aliphatic carbocycles. The molecule has 5 N–H and O–H groups in total. The van der Waals surface area contributed by atoms with Gasteiger partial charge in [0.2, 0.25) is 0 Å². The minimum absolute atomic E-state index is 0.0858. The van der Waals surface area contributed by atoms with Crippen molar-refractivity contribution in [2.45, 2.75) is 31.0 Å². The van der Waals surface area contributed by atoms with Gasteiger partial charge in [-0.15, -0.1) is 0 Å². The van der Waals surface area contributed by atoms with E-state index < -0.39 is 23.9 Å². The molecule has 3 aliphatic heterocycles. The number of carbonyl (C=O) groups is 5. The van der Waals surface area contributed by atoms with E-state index in [9.17, 15) is 24.0 Å². The van der Waals surface area contributed by atoms with Gasteiger partial charge in [-0.1, -0.05) is 36.4 Å². The molecule has 2 aromatic carbocycles. The summed E-state index contributed by atoms with van der Waals surface area (Å²) in [4.78, 5) is 62.8. The quantitative estimate of drug-likeness (QED) is 0.118. The van der Waals surface area contributed by atoms with Gasteiger partial charge in [0.1, 0.15) is 6.10 Å². The number of aromatic amines is 1. The number of piperazine rings is 1. The van der Waals surface area contributed by atoms with Gasteiger partial charge in [-0.25, -0.2) is 19.2 Å². The Hall–Kier alpha value is -5.15. The Bertz CT molecular complexity index is 1650. The summed E-state index contributed by atoms with van der Waals surface area (Å²) in [5, 5.41) is 32.4. The van der Waals surface area contributed by atoms with Crippen LogP contribution >= 0.6 is 0 Å². The van der Waals surface area contributed by atoms with Crippen LogP contribution in [0.1, 0.15) is 40.4 Å². The number of rotatable bonds is 10. The summed E-state index contributed by atoms with van der Waals surface area (Å²) < 4.78 is 5.84. The topological polar surface area (TPSA) is 204 Å². The number of carboxylic acids is 4. The van der Waals surface area contributed by atoms with Crippen LogP contribution in [0.2, 0.25) is 0 Å². The van der Waals surface area contributed by atoms with E-state index in [2.05, 4.69) is 38.9 Å². The van der Waals surface area contributed by atoms with E-state index in [4.69, 9.17) is 25.2 Å². The van der Waals surface area contributed by atoms with Crippen molar-refractivity contribution >= 4 is 40.6 Å². The summed E-state index contributed by atoms with van der Waals surface area (Å²) in [7, 11) is 2.23. The van der Waals surface area contributed by atoms with Crippen molar-refractivity contribution in [1.29, 1.82) is 0 Å². The summed E-state index contributed by atoms with van der Waals surface area (Å²) >= 11 is 0. The van der Waals surface area contributed by atoms with Gasteiger partial charge in [-0.2, -0.15) is 0 Å². The molecule has 6 rings (SSSR count). The lowest BCUT2D eigenvalue weighted by Gasteiger charge is -2.44. The number of hydrogen-bond donors (Lipinski definition) is 5. The van der Waals surface area contributed by atoms with Crippen LogP contribution in [0.25, 0.3) is 10.9 Å². The number of nitrogens with zero attached hydrogens (tertiary/aromatic N) is 3. The predicted octanol–water partition coefficient (Wildman–Crippen LogP) is 2.97. The number of epoxide rings is 1. The highest BCUT2D eigenvalue weighted by atomic mass is 16.6. The van der Waals surface area contributed by atoms with E-state index >= 15 is 0 Å². The first kappa shape index (κ1) is 37.7. The van der Waals surface area contributed by atoms with Crippen molar-refractivity contribution in [1.82, 2.24) is 19.7 Å². The molecule has 3 saturated heterocycles. The molecule has 3 fully saturated rings. The Morgan fingerprint density at radius 1 is 0.780 bits per heavy atom. The van der Waals surface area contributed by atoms with E-state index in [1.165, 1.54) is 25.9 Å². The first-order chi connectivity index (χ1) is 23.9. The number of ether oxygens (including phenoxy) is 1. The summed E-state index contributed by atoms with van der Waals surface area (Å²) in [5.41, 5.74) is 3.63. The van der Waals surface area contributed by atoms with Crippen molar-refractivity contribution in [3.05, 3.63) is 95.7 Å². The van der Waals surface area contributed by atoms with Crippen molar-refractivity contribution in [2.24, 2.45) is 0 Å². The number of piperidine rings is 1. The summed E-state index contributed by atoms with van der Waals surface area (Å²) in [5.74, 6) is -4.94. The molecule has 2 unspecified atom stereocenters. The minimum Gasteiger partial charge on any atom is -0.478 e. The van der Waals surface area contributed by atoms with Crippen LogP contribution in [-0.2, 0) is 23.9 Å². The maximum atomic E-state index is 13.7.